The summed E-state index contributed by atoms with van der Waals surface area (Å²) in [6, 6.07) is 7.45. The van der Waals surface area contributed by atoms with Crippen LogP contribution in [-0.2, 0) is 6.54 Å². The molecule has 0 aliphatic carbocycles. The fraction of sp³-hybridized carbons (Fsp3) is 0.182. The molecule has 0 amide bonds. The number of nitrogens with two attached hydrogens (primary N) is 1. The highest BCUT2D eigenvalue weighted by Gasteiger charge is 2.06. The zero-order valence-electron chi connectivity index (χ0n) is 8.85. The summed E-state index contributed by atoms with van der Waals surface area (Å²) in [5, 5.41) is 3.84. The summed E-state index contributed by atoms with van der Waals surface area (Å²) >= 11 is 0. The summed E-state index contributed by atoms with van der Waals surface area (Å²) in [4.78, 5) is 0. The maximum atomic E-state index is 12.9. The van der Waals surface area contributed by atoms with E-state index in [0.717, 1.165) is 17.5 Å². The number of ether oxygens (including phenoxy) is 1. The zero-order chi connectivity index (χ0) is 11.5. The Kier molecular flexibility index (Phi) is 2.76. The highest BCUT2D eigenvalue weighted by molar-refractivity contribution is 5.32. The topological polar surface area (TPSA) is 53.1 Å². The summed E-state index contributed by atoms with van der Waals surface area (Å²) in [5.41, 5.74) is 6.49. The highest BCUT2D eigenvalue weighted by Crippen LogP contribution is 2.14. The third kappa shape index (κ3) is 1.98. The zero-order valence-corrected chi connectivity index (χ0v) is 8.85. The van der Waals surface area contributed by atoms with Crippen molar-refractivity contribution in [3.05, 3.63) is 41.8 Å². The molecule has 0 saturated heterocycles. The van der Waals surface area contributed by atoms with E-state index in [2.05, 4.69) is 5.10 Å². The molecule has 0 saturated carbocycles. The molecule has 0 aliphatic heterocycles. The molecule has 1 aromatic heterocycles. The maximum absolute atomic E-state index is 12.9. The van der Waals surface area contributed by atoms with Crippen molar-refractivity contribution in [2.24, 2.45) is 0 Å². The molecule has 0 bridgehead atoms. The van der Waals surface area contributed by atoms with Crippen LogP contribution in [0.5, 0.6) is 5.75 Å². The summed E-state index contributed by atoms with van der Waals surface area (Å²) in [7, 11) is 1.61. The first-order chi connectivity index (χ1) is 7.70. The van der Waals surface area contributed by atoms with Crippen LogP contribution in [0.1, 0.15) is 5.56 Å². The van der Waals surface area contributed by atoms with E-state index < -0.39 is 5.82 Å². The van der Waals surface area contributed by atoms with Gasteiger partial charge in [0.2, 0.25) is 0 Å². The molecule has 1 heterocycles. The Morgan fingerprint density at radius 3 is 2.56 bits per heavy atom. The van der Waals surface area contributed by atoms with Gasteiger partial charge in [0, 0.05) is 0 Å². The molecule has 4 nitrogen and oxygen atoms in total. The van der Waals surface area contributed by atoms with Crippen molar-refractivity contribution < 1.29 is 9.13 Å². The van der Waals surface area contributed by atoms with Crippen LogP contribution in [0.25, 0.3) is 0 Å². The van der Waals surface area contributed by atoms with Crippen molar-refractivity contribution in [1.82, 2.24) is 9.78 Å². The molecule has 5 heteroatoms. The minimum atomic E-state index is -0.492. The second kappa shape index (κ2) is 4.22. The van der Waals surface area contributed by atoms with Crippen molar-refractivity contribution in [2.45, 2.75) is 6.54 Å². The smallest absolute Gasteiger partial charge is 0.184 e. The van der Waals surface area contributed by atoms with Gasteiger partial charge < -0.3 is 10.5 Å². The molecular weight excluding hydrogens is 209 g/mol. The normalized spacial score (nSPS) is 10.4. The molecule has 0 radical (unpaired) electrons. The Labute approximate surface area is 92.4 Å². The largest absolute Gasteiger partial charge is 0.497 e. The van der Waals surface area contributed by atoms with Crippen LogP contribution in [0.2, 0.25) is 0 Å². The number of aromatic nitrogens is 2. The average molecular weight is 221 g/mol. The molecule has 0 atom stereocenters. The Bertz CT molecular complexity index is 478. The molecule has 16 heavy (non-hydrogen) atoms. The SMILES string of the molecule is COc1ccc(Cn2ncc(F)c2N)cc1. The van der Waals surface area contributed by atoms with E-state index in [1.807, 2.05) is 24.3 Å². The summed E-state index contributed by atoms with van der Waals surface area (Å²) in [6.45, 7) is 0.444. The fourth-order valence-electron chi connectivity index (χ4n) is 1.40. The third-order valence-corrected chi connectivity index (χ3v) is 2.32. The Hall–Kier alpha value is -2.04. The molecular formula is C11H12FN3O. The molecule has 0 fully saturated rings. The second-order valence-corrected chi connectivity index (χ2v) is 3.38. The molecule has 84 valence electrons. The number of anilines is 1. The lowest BCUT2D eigenvalue weighted by Crippen LogP contribution is -2.06. The number of methoxy groups -OCH3 is 1. The lowest BCUT2D eigenvalue weighted by molar-refractivity contribution is 0.414. The first-order valence-corrected chi connectivity index (χ1v) is 4.80. The Morgan fingerprint density at radius 1 is 1.38 bits per heavy atom. The molecule has 2 aromatic rings. The van der Waals surface area contributed by atoms with Crippen LogP contribution in [-0.4, -0.2) is 16.9 Å². The molecule has 0 spiro atoms. The summed E-state index contributed by atoms with van der Waals surface area (Å²) in [5.74, 6) is 0.340. The number of nitrogen functional groups attached to an aromatic ring is 1. The van der Waals surface area contributed by atoms with E-state index in [4.69, 9.17) is 10.5 Å². The molecule has 2 rings (SSSR count). The van der Waals surface area contributed by atoms with E-state index in [0.29, 0.717) is 6.54 Å². The van der Waals surface area contributed by atoms with Gasteiger partial charge in [0.05, 0.1) is 19.9 Å². The van der Waals surface area contributed by atoms with Gasteiger partial charge in [0.25, 0.3) is 0 Å². The van der Waals surface area contributed by atoms with Gasteiger partial charge in [-0.1, -0.05) is 12.1 Å². The van der Waals surface area contributed by atoms with E-state index in [1.165, 1.54) is 4.68 Å². The maximum Gasteiger partial charge on any atom is 0.184 e. The van der Waals surface area contributed by atoms with Crippen molar-refractivity contribution >= 4 is 5.82 Å². The molecule has 0 unspecified atom stereocenters. The van der Waals surface area contributed by atoms with Crippen molar-refractivity contribution in [1.29, 1.82) is 0 Å². The van der Waals surface area contributed by atoms with Crippen LogP contribution in [0.15, 0.2) is 30.5 Å². The summed E-state index contributed by atoms with van der Waals surface area (Å²) in [6.07, 6.45) is 1.11. The molecule has 1 aromatic carbocycles. The van der Waals surface area contributed by atoms with Crippen LogP contribution < -0.4 is 10.5 Å². The number of nitrogens with zero attached hydrogens (tertiary/aromatic N) is 2. The standard InChI is InChI=1S/C11H12FN3O/c1-16-9-4-2-8(3-5-9)7-15-11(13)10(12)6-14-15/h2-6H,7,13H2,1H3. The van der Waals surface area contributed by atoms with Gasteiger partial charge in [-0.05, 0) is 17.7 Å². The lowest BCUT2D eigenvalue weighted by Gasteiger charge is -2.05. The Balaban J connectivity index is 2.17. The van der Waals surface area contributed by atoms with Gasteiger partial charge in [0.15, 0.2) is 11.6 Å². The highest BCUT2D eigenvalue weighted by atomic mass is 19.1. The van der Waals surface area contributed by atoms with E-state index in [9.17, 15) is 4.39 Å². The Morgan fingerprint density at radius 2 is 2.06 bits per heavy atom. The van der Waals surface area contributed by atoms with E-state index in [-0.39, 0.29) is 5.82 Å². The van der Waals surface area contributed by atoms with Crippen LogP contribution in [0.4, 0.5) is 10.2 Å². The van der Waals surface area contributed by atoms with Gasteiger partial charge >= 0.3 is 0 Å². The number of hydrogen-bond donors (Lipinski definition) is 1. The van der Waals surface area contributed by atoms with Crippen molar-refractivity contribution in [2.75, 3.05) is 12.8 Å². The van der Waals surface area contributed by atoms with Crippen molar-refractivity contribution in [3.63, 3.8) is 0 Å². The third-order valence-electron chi connectivity index (χ3n) is 2.32. The minimum absolute atomic E-state index is 0.0517. The predicted molar refractivity (Wildman–Crippen MR) is 58.7 cm³/mol. The van der Waals surface area contributed by atoms with Gasteiger partial charge in [0.1, 0.15) is 5.75 Å². The van der Waals surface area contributed by atoms with Gasteiger partial charge in [-0.15, -0.1) is 0 Å². The van der Waals surface area contributed by atoms with Gasteiger partial charge in [-0.25, -0.2) is 9.07 Å². The van der Waals surface area contributed by atoms with Gasteiger partial charge in [-0.2, -0.15) is 5.10 Å². The number of halogens is 1. The second-order valence-electron chi connectivity index (χ2n) is 3.38. The first kappa shape index (κ1) is 10.5. The van der Waals surface area contributed by atoms with Crippen LogP contribution in [0, 0.1) is 5.82 Å². The number of benzene rings is 1. The van der Waals surface area contributed by atoms with E-state index >= 15 is 0 Å². The number of hydrogen-bond acceptors (Lipinski definition) is 3. The average Bonchev–Trinajstić information content (AvgIpc) is 2.62. The quantitative estimate of drug-likeness (QED) is 0.857. The lowest BCUT2D eigenvalue weighted by atomic mass is 10.2. The predicted octanol–water partition coefficient (Wildman–Crippen LogP) is 1.66. The van der Waals surface area contributed by atoms with Gasteiger partial charge in [-0.3, -0.25) is 0 Å². The monoisotopic (exact) mass is 221 g/mol. The first-order valence-electron chi connectivity index (χ1n) is 4.80. The van der Waals surface area contributed by atoms with E-state index in [1.54, 1.807) is 7.11 Å². The summed E-state index contributed by atoms with van der Waals surface area (Å²) < 4.78 is 19.4. The minimum Gasteiger partial charge on any atom is -0.497 e. The number of rotatable bonds is 3. The molecule has 2 N–H and O–H groups in total. The van der Waals surface area contributed by atoms with Crippen LogP contribution >= 0.6 is 0 Å². The molecule has 0 aliphatic rings. The fourth-order valence-corrected chi connectivity index (χ4v) is 1.40. The van der Waals surface area contributed by atoms with Crippen LogP contribution in [0.3, 0.4) is 0 Å². The van der Waals surface area contributed by atoms with Crippen molar-refractivity contribution in [3.8, 4) is 5.75 Å².